The lowest BCUT2D eigenvalue weighted by molar-refractivity contribution is -0.139. The van der Waals surface area contributed by atoms with Gasteiger partial charge < -0.3 is 4.74 Å². The summed E-state index contributed by atoms with van der Waals surface area (Å²) in [6, 6.07) is 1.07. The molecule has 0 bridgehead atoms. The van der Waals surface area contributed by atoms with E-state index in [1.807, 2.05) is 20.8 Å². The zero-order valence-corrected chi connectivity index (χ0v) is 13.3. The minimum Gasteiger partial charge on any atom is -0.492 e. The summed E-state index contributed by atoms with van der Waals surface area (Å²) >= 11 is 0. The third-order valence-electron chi connectivity index (χ3n) is 3.66. The molecule has 0 N–H and O–H groups in total. The van der Waals surface area contributed by atoms with Crippen LogP contribution in [0, 0.1) is 5.92 Å². The molecule has 5 heteroatoms. The molecule has 0 aliphatic rings. The van der Waals surface area contributed by atoms with E-state index in [2.05, 4.69) is 4.98 Å². The maximum atomic E-state index is 13.2. The zero-order chi connectivity index (χ0) is 16.3. The van der Waals surface area contributed by atoms with Crippen LogP contribution in [0.1, 0.15) is 58.7 Å². The van der Waals surface area contributed by atoms with Crippen molar-refractivity contribution < 1.29 is 17.9 Å². The first-order chi connectivity index (χ1) is 9.58. The molecule has 21 heavy (non-hydrogen) atoms. The number of pyridine rings is 1. The molecule has 1 heterocycles. The molecule has 0 aliphatic carbocycles. The minimum atomic E-state index is -4.42. The molecule has 0 fully saturated rings. The second kappa shape index (κ2) is 6.67. The van der Waals surface area contributed by atoms with Gasteiger partial charge in [-0.25, -0.2) is 0 Å². The molecular formula is C16H24F3NO. The van der Waals surface area contributed by atoms with Crippen molar-refractivity contribution in [3.63, 3.8) is 0 Å². The van der Waals surface area contributed by atoms with Gasteiger partial charge in [-0.15, -0.1) is 0 Å². The molecule has 0 aromatic carbocycles. The van der Waals surface area contributed by atoms with Crippen LogP contribution in [0.15, 0.2) is 12.3 Å². The largest absolute Gasteiger partial charge is 0.492 e. The highest BCUT2D eigenvalue weighted by Gasteiger charge is 2.38. The Morgan fingerprint density at radius 2 is 1.86 bits per heavy atom. The fourth-order valence-electron chi connectivity index (χ4n) is 1.86. The fraction of sp³-hybridized carbons (Fsp3) is 0.688. The van der Waals surface area contributed by atoms with Crippen molar-refractivity contribution in [3.8, 4) is 5.75 Å². The Balaban J connectivity index is 3.08. The Morgan fingerprint density at radius 3 is 2.33 bits per heavy atom. The van der Waals surface area contributed by atoms with Crippen LogP contribution in [-0.4, -0.2) is 11.6 Å². The van der Waals surface area contributed by atoms with Crippen LogP contribution in [0.4, 0.5) is 13.2 Å². The normalized spacial score (nSPS) is 12.8. The van der Waals surface area contributed by atoms with Crippen LogP contribution >= 0.6 is 0 Å². The predicted molar refractivity (Wildman–Crippen MR) is 77.5 cm³/mol. The summed E-state index contributed by atoms with van der Waals surface area (Å²) in [7, 11) is 0. The molecule has 0 saturated heterocycles. The average molecular weight is 303 g/mol. The summed E-state index contributed by atoms with van der Waals surface area (Å²) < 4.78 is 45.1. The summed E-state index contributed by atoms with van der Waals surface area (Å²) in [5.74, 6) is 0.622. The molecule has 0 radical (unpaired) electrons. The number of nitrogens with zero attached hydrogens (tertiary/aromatic N) is 1. The highest BCUT2D eigenvalue weighted by atomic mass is 19.4. The maximum absolute atomic E-state index is 13.2. The molecule has 0 aliphatic heterocycles. The van der Waals surface area contributed by atoms with Crippen LogP contribution in [0.2, 0.25) is 0 Å². The van der Waals surface area contributed by atoms with E-state index < -0.39 is 17.2 Å². The van der Waals surface area contributed by atoms with E-state index >= 15 is 0 Å². The molecule has 0 unspecified atom stereocenters. The van der Waals surface area contributed by atoms with E-state index in [9.17, 15) is 13.2 Å². The highest BCUT2D eigenvalue weighted by molar-refractivity contribution is 5.35. The molecule has 2 nitrogen and oxygen atoms in total. The van der Waals surface area contributed by atoms with E-state index in [0.29, 0.717) is 18.9 Å². The van der Waals surface area contributed by atoms with Crippen molar-refractivity contribution in [2.24, 2.45) is 5.92 Å². The predicted octanol–water partition coefficient (Wildman–Crippen LogP) is 5.21. The second-order valence-corrected chi connectivity index (χ2v) is 6.33. The number of aromatic nitrogens is 1. The molecule has 0 saturated carbocycles. The first-order valence-corrected chi connectivity index (χ1v) is 7.28. The zero-order valence-electron chi connectivity index (χ0n) is 13.3. The topological polar surface area (TPSA) is 22.1 Å². The Kier molecular flexibility index (Phi) is 5.65. The molecule has 0 amide bonds. The van der Waals surface area contributed by atoms with Crippen molar-refractivity contribution >= 4 is 0 Å². The first kappa shape index (κ1) is 17.8. The smallest absolute Gasteiger partial charge is 0.418 e. The second-order valence-electron chi connectivity index (χ2n) is 6.33. The van der Waals surface area contributed by atoms with Crippen LogP contribution in [0.25, 0.3) is 0 Å². The van der Waals surface area contributed by atoms with E-state index in [4.69, 9.17) is 4.74 Å². The third-order valence-corrected chi connectivity index (χ3v) is 3.66. The number of rotatable bonds is 6. The maximum Gasteiger partial charge on any atom is 0.418 e. The number of halogens is 3. The number of hydrogen-bond donors (Lipinski definition) is 0. The quantitative estimate of drug-likeness (QED) is 0.719. The van der Waals surface area contributed by atoms with Crippen molar-refractivity contribution in [1.29, 1.82) is 0 Å². The van der Waals surface area contributed by atoms with E-state index in [0.717, 1.165) is 12.5 Å². The Labute approximate surface area is 124 Å². The van der Waals surface area contributed by atoms with Gasteiger partial charge in [0.2, 0.25) is 0 Å². The van der Waals surface area contributed by atoms with Gasteiger partial charge in [0.15, 0.2) is 0 Å². The number of hydrogen-bond acceptors (Lipinski definition) is 2. The van der Waals surface area contributed by atoms with Gasteiger partial charge in [0.1, 0.15) is 5.75 Å². The lowest BCUT2D eigenvalue weighted by atomic mass is 9.83. The van der Waals surface area contributed by atoms with Gasteiger partial charge in [-0.1, -0.05) is 34.6 Å². The van der Waals surface area contributed by atoms with Crippen molar-refractivity contribution in [1.82, 2.24) is 4.98 Å². The molecule has 1 aromatic heterocycles. The van der Waals surface area contributed by atoms with Crippen LogP contribution < -0.4 is 4.74 Å². The van der Waals surface area contributed by atoms with E-state index in [1.165, 1.54) is 6.20 Å². The van der Waals surface area contributed by atoms with Gasteiger partial charge in [-0.3, -0.25) is 4.98 Å². The summed E-state index contributed by atoms with van der Waals surface area (Å²) in [5.41, 5.74) is -1.24. The Hall–Kier alpha value is -1.26. The van der Waals surface area contributed by atoms with E-state index in [1.54, 1.807) is 13.8 Å². The van der Waals surface area contributed by atoms with Gasteiger partial charge in [0.25, 0.3) is 0 Å². The number of alkyl halides is 3. The summed E-state index contributed by atoms with van der Waals surface area (Å²) in [4.78, 5) is 4.04. The van der Waals surface area contributed by atoms with Gasteiger partial charge in [0.05, 0.1) is 24.1 Å². The van der Waals surface area contributed by atoms with Gasteiger partial charge >= 0.3 is 6.18 Å². The fourth-order valence-corrected chi connectivity index (χ4v) is 1.86. The van der Waals surface area contributed by atoms with Crippen LogP contribution in [-0.2, 0) is 11.6 Å². The van der Waals surface area contributed by atoms with Crippen molar-refractivity contribution in [3.05, 3.63) is 23.5 Å². The third kappa shape index (κ3) is 4.90. The van der Waals surface area contributed by atoms with E-state index in [-0.39, 0.29) is 11.4 Å². The summed E-state index contributed by atoms with van der Waals surface area (Å²) in [6.45, 7) is 9.86. The highest BCUT2D eigenvalue weighted by Crippen LogP contribution is 2.39. The van der Waals surface area contributed by atoms with Crippen molar-refractivity contribution in [2.45, 2.75) is 59.1 Å². The molecule has 120 valence electrons. The van der Waals surface area contributed by atoms with Crippen molar-refractivity contribution in [2.75, 3.05) is 6.61 Å². The number of ether oxygens (including phenoxy) is 1. The Bertz CT molecular complexity index is 467. The van der Waals surface area contributed by atoms with Gasteiger partial charge in [-0.2, -0.15) is 13.2 Å². The molecule has 1 rings (SSSR count). The average Bonchev–Trinajstić information content (AvgIpc) is 2.37. The standard InChI is InChI=1S/C16H24F3NO/c1-6-15(4,5)14-13(16(17,18)19)9-12(10-20-14)21-8-7-11(2)3/h9-11H,6-8H2,1-5H3. The molecular weight excluding hydrogens is 279 g/mol. The van der Waals surface area contributed by atoms with Crippen LogP contribution in [0.3, 0.4) is 0 Å². The molecule has 0 atom stereocenters. The summed E-state index contributed by atoms with van der Waals surface area (Å²) in [6.07, 6.45) is -1.66. The first-order valence-electron chi connectivity index (χ1n) is 7.28. The molecule has 1 aromatic rings. The lowest BCUT2D eigenvalue weighted by Crippen LogP contribution is -2.24. The minimum absolute atomic E-state index is 0.0775. The summed E-state index contributed by atoms with van der Waals surface area (Å²) in [5, 5.41) is 0. The van der Waals surface area contributed by atoms with Gasteiger partial charge in [-0.05, 0) is 24.8 Å². The lowest BCUT2D eigenvalue weighted by Gasteiger charge is -2.26. The van der Waals surface area contributed by atoms with Crippen LogP contribution in [0.5, 0.6) is 5.75 Å². The Morgan fingerprint density at radius 1 is 1.24 bits per heavy atom. The SMILES string of the molecule is CCC(C)(C)c1ncc(OCCC(C)C)cc1C(F)(F)F. The monoisotopic (exact) mass is 303 g/mol. The van der Waals surface area contributed by atoms with Gasteiger partial charge in [0, 0.05) is 5.41 Å². The molecule has 0 spiro atoms.